The molecule has 1 amide bonds. The highest BCUT2D eigenvalue weighted by Gasteiger charge is 2.18. The van der Waals surface area contributed by atoms with Crippen LogP contribution in [0.3, 0.4) is 0 Å². The number of unbranched alkanes of at least 4 members (excludes halogenated alkanes) is 33. The molecule has 6 heteroatoms. The van der Waals surface area contributed by atoms with Crippen LogP contribution >= 0.6 is 0 Å². The van der Waals surface area contributed by atoms with E-state index < -0.39 is 12.1 Å². The summed E-state index contributed by atoms with van der Waals surface area (Å²) in [6.45, 7) is 4.86. The molecule has 0 saturated heterocycles. The maximum absolute atomic E-state index is 12.3. The number of allylic oxidation sites excluding steroid dienone is 1. The van der Waals surface area contributed by atoms with Gasteiger partial charge in [0.2, 0.25) is 5.91 Å². The second-order valence-corrected chi connectivity index (χ2v) is 16.5. The Morgan fingerprint density at radius 2 is 0.852 bits per heavy atom. The molecule has 0 aromatic rings. The molecule has 0 bridgehead atoms. The predicted octanol–water partition coefficient (Wildman–Crippen LogP) is 13.8. The number of amides is 1. The summed E-state index contributed by atoms with van der Waals surface area (Å²) in [5.74, 6) is -0.0723. The first-order chi connectivity index (χ1) is 26.5. The Hall–Kier alpha value is -1.40. The SMILES string of the molecule is CCCCCCCCC/C=C/C(O)C(CO)NC(=O)CCCCCCCCCCCCCCCCCCCOC(=O)CCCCCCCCCCCCC. The molecule has 3 N–H and O–H groups in total. The molecule has 320 valence electrons. The molecule has 0 aliphatic rings. The van der Waals surface area contributed by atoms with Crippen molar-refractivity contribution in [2.24, 2.45) is 0 Å². The van der Waals surface area contributed by atoms with Crippen molar-refractivity contribution >= 4 is 11.9 Å². The Labute approximate surface area is 336 Å². The fraction of sp³-hybridized carbons (Fsp3) is 0.917. The van der Waals surface area contributed by atoms with E-state index >= 15 is 0 Å². The average Bonchev–Trinajstić information content (AvgIpc) is 3.17. The zero-order valence-corrected chi connectivity index (χ0v) is 36.2. The number of rotatable bonds is 44. The Morgan fingerprint density at radius 3 is 1.26 bits per heavy atom. The van der Waals surface area contributed by atoms with E-state index in [4.69, 9.17) is 4.74 Å². The normalized spacial score (nSPS) is 12.7. The minimum absolute atomic E-state index is 0.00358. The van der Waals surface area contributed by atoms with Gasteiger partial charge in [0.1, 0.15) is 0 Å². The average molecular weight is 764 g/mol. The Kier molecular flexibility index (Phi) is 43.2. The van der Waals surface area contributed by atoms with Gasteiger partial charge < -0.3 is 20.3 Å². The number of carbonyl (C=O) groups excluding carboxylic acids is 2. The summed E-state index contributed by atoms with van der Waals surface area (Å²) < 4.78 is 5.45. The third kappa shape index (κ3) is 40.3. The van der Waals surface area contributed by atoms with Gasteiger partial charge in [0.15, 0.2) is 0 Å². The van der Waals surface area contributed by atoms with E-state index in [1.54, 1.807) is 6.08 Å². The molecule has 54 heavy (non-hydrogen) atoms. The zero-order valence-electron chi connectivity index (χ0n) is 36.2. The van der Waals surface area contributed by atoms with E-state index in [9.17, 15) is 19.8 Å². The summed E-state index contributed by atoms with van der Waals surface area (Å²) in [6, 6.07) is -0.628. The molecule has 0 aliphatic heterocycles. The first-order valence-electron chi connectivity index (χ1n) is 24.0. The minimum Gasteiger partial charge on any atom is -0.466 e. The van der Waals surface area contributed by atoms with Crippen LogP contribution in [0.15, 0.2) is 12.2 Å². The largest absolute Gasteiger partial charge is 0.466 e. The topological polar surface area (TPSA) is 95.9 Å². The Balaban J connectivity index is 3.41. The highest BCUT2D eigenvalue weighted by molar-refractivity contribution is 5.76. The number of hydrogen-bond acceptors (Lipinski definition) is 5. The van der Waals surface area contributed by atoms with Crippen molar-refractivity contribution in [2.75, 3.05) is 13.2 Å². The Bertz CT molecular complexity index is 802. The number of hydrogen-bond donors (Lipinski definition) is 3. The summed E-state index contributed by atoms with van der Waals surface area (Å²) in [5, 5.41) is 22.9. The molecule has 0 heterocycles. The Morgan fingerprint density at radius 1 is 0.500 bits per heavy atom. The van der Waals surface area contributed by atoms with Crippen molar-refractivity contribution in [1.29, 1.82) is 0 Å². The molecule has 0 saturated carbocycles. The van der Waals surface area contributed by atoms with Crippen molar-refractivity contribution in [3.05, 3.63) is 12.2 Å². The van der Waals surface area contributed by atoms with E-state index in [0.717, 1.165) is 44.9 Å². The molecule has 0 aromatic heterocycles. The lowest BCUT2D eigenvalue weighted by Gasteiger charge is -2.20. The van der Waals surface area contributed by atoms with Crippen LogP contribution in [0.1, 0.15) is 258 Å². The van der Waals surface area contributed by atoms with E-state index in [2.05, 4.69) is 19.2 Å². The van der Waals surface area contributed by atoms with E-state index in [1.807, 2.05) is 6.08 Å². The maximum atomic E-state index is 12.3. The number of esters is 1. The summed E-state index contributed by atoms with van der Waals surface area (Å²) in [5.41, 5.74) is 0. The van der Waals surface area contributed by atoms with Crippen LogP contribution in [0, 0.1) is 0 Å². The lowest BCUT2D eigenvalue weighted by Crippen LogP contribution is -2.45. The highest BCUT2D eigenvalue weighted by atomic mass is 16.5. The first-order valence-corrected chi connectivity index (χ1v) is 24.0. The molecule has 0 aliphatic carbocycles. The molecule has 0 fully saturated rings. The van der Waals surface area contributed by atoms with Gasteiger partial charge in [-0.3, -0.25) is 9.59 Å². The molecule has 0 aromatic carbocycles. The van der Waals surface area contributed by atoms with Gasteiger partial charge in [-0.15, -0.1) is 0 Å². The fourth-order valence-electron chi connectivity index (χ4n) is 7.34. The molecule has 6 nitrogen and oxygen atoms in total. The lowest BCUT2D eigenvalue weighted by molar-refractivity contribution is -0.143. The fourth-order valence-corrected chi connectivity index (χ4v) is 7.34. The second kappa shape index (κ2) is 44.3. The van der Waals surface area contributed by atoms with Crippen molar-refractivity contribution < 1.29 is 24.5 Å². The summed E-state index contributed by atoms with van der Waals surface area (Å²) in [6.07, 6.45) is 49.2. The first kappa shape index (κ1) is 52.6. The van der Waals surface area contributed by atoms with E-state index in [0.29, 0.717) is 19.4 Å². The van der Waals surface area contributed by atoms with Gasteiger partial charge in [-0.2, -0.15) is 0 Å². The smallest absolute Gasteiger partial charge is 0.305 e. The third-order valence-corrected chi connectivity index (χ3v) is 11.1. The van der Waals surface area contributed by atoms with Gasteiger partial charge in [0.25, 0.3) is 0 Å². The highest BCUT2D eigenvalue weighted by Crippen LogP contribution is 2.16. The van der Waals surface area contributed by atoms with Crippen LogP contribution < -0.4 is 5.32 Å². The van der Waals surface area contributed by atoms with Gasteiger partial charge in [-0.05, 0) is 32.1 Å². The van der Waals surface area contributed by atoms with Gasteiger partial charge >= 0.3 is 5.97 Å². The quantitative estimate of drug-likeness (QED) is 0.0326. The standard InChI is InChI=1S/C48H93NO5/c1-3-5-7-9-11-13-21-26-30-34-38-42-48(53)54-43-39-35-31-27-23-20-18-16-14-15-17-19-22-25-29-33-37-41-47(52)49-45(44-50)46(51)40-36-32-28-24-12-10-8-6-4-2/h36,40,45-46,50-51H,3-35,37-39,41-44H2,1-2H3,(H,49,52)/b40-36+. The van der Waals surface area contributed by atoms with E-state index in [1.165, 1.54) is 186 Å². The van der Waals surface area contributed by atoms with Gasteiger partial charge in [0.05, 0.1) is 25.4 Å². The van der Waals surface area contributed by atoms with Crippen LogP contribution in [0.25, 0.3) is 0 Å². The molecule has 0 spiro atoms. The van der Waals surface area contributed by atoms with Crippen LogP contribution in [-0.4, -0.2) is 47.4 Å². The number of carbonyl (C=O) groups is 2. The van der Waals surface area contributed by atoms with Crippen LogP contribution in [-0.2, 0) is 14.3 Å². The molecular weight excluding hydrogens is 671 g/mol. The lowest BCUT2D eigenvalue weighted by atomic mass is 10.0. The van der Waals surface area contributed by atoms with Crippen molar-refractivity contribution in [2.45, 2.75) is 270 Å². The molecular formula is C48H93NO5. The number of aliphatic hydroxyl groups is 2. The summed E-state index contributed by atoms with van der Waals surface area (Å²) in [4.78, 5) is 24.3. The van der Waals surface area contributed by atoms with E-state index in [-0.39, 0.29) is 18.5 Å². The molecule has 0 radical (unpaired) electrons. The van der Waals surface area contributed by atoms with Crippen molar-refractivity contribution in [3.8, 4) is 0 Å². The van der Waals surface area contributed by atoms with Crippen LogP contribution in [0.5, 0.6) is 0 Å². The summed E-state index contributed by atoms with van der Waals surface area (Å²) >= 11 is 0. The third-order valence-electron chi connectivity index (χ3n) is 11.1. The zero-order chi connectivity index (χ0) is 39.4. The number of aliphatic hydroxyl groups excluding tert-OH is 2. The van der Waals surface area contributed by atoms with Gasteiger partial charge in [-0.1, -0.05) is 225 Å². The molecule has 2 unspecified atom stereocenters. The number of nitrogens with one attached hydrogen (secondary N) is 1. The van der Waals surface area contributed by atoms with Crippen molar-refractivity contribution in [3.63, 3.8) is 0 Å². The van der Waals surface area contributed by atoms with Crippen LogP contribution in [0.4, 0.5) is 0 Å². The second-order valence-electron chi connectivity index (χ2n) is 16.5. The van der Waals surface area contributed by atoms with Gasteiger partial charge in [0, 0.05) is 12.8 Å². The number of ether oxygens (including phenoxy) is 1. The summed E-state index contributed by atoms with van der Waals surface area (Å²) in [7, 11) is 0. The van der Waals surface area contributed by atoms with Gasteiger partial charge in [-0.25, -0.2) is 0 Å². The predicted molar refractivity (Wildman–Crippen MR) is 232 cm³/mol. The van der Waals surface area contributed by atoms with Crippen molar-refractivity contribution in [1.82, 2.24) is 5.32 Å². The maximum Gasteiger partial charge on any atom is 0.305 e. The van der Waals surface area contributed by atoms with Crippen LogP contribution in [0.2, 0.25) is 0 Å². The molecule has 2 atom stereocenters. The molecule has 0 rings (SSSR count). The monoisotopic (exact) mass is 764 g/mol. The minimum atomic E-state index is -0.844.